The number of carboxylic acid groups (broad SMARTS) is 1. The molecular weight excluding hydrogens is 577 g/mol. The van der Waals surface area contributed by atoms with E-state index in [0.29, 0.717) is 18.5 Å². The topological polar surface area (TPSA) is 117 Å². The predicted octanol–water partition coefficient (Wildman–Crippen LogP) is 6.75. The molecular formula is C29H26F5N5O4. The van der Waals surface area contributed by atoms with Crippen molar-refractivity contribution in [1.29, 1.82) is 0 Å². The van der Waals surface area contributed by atoms with Gasteiger partial charge in [0, 0.05) is 11.6 Å². The molecule has 5 rings (SSSR count). The van der Waals surface area contributed by atoms with Crippen molar-refractivity contribution in [3.8, 4) is 28.4 Å². The fourth-order valence-corrected chi connectivity index (χ4v) is 4.96. The van der Waals surface area contributed by atoms with Crippen molar-refractivity contribution in [1.82, 2.24) is 20.1 Å². The maximum Gasteiger partial charge on any atom is 0.417 e. The van der Waals surface area contributed by atoms with Crippen LogP contribution in [0, 0.1) is 11.6 Å². The van der Waals surface area contributed by atoms with Gasteiger partial charge in [-0.3, -0.25) is 5.01 Å². The molecule has 43 heavy (non-hydrogen) atoms. The molecule has 0 saturated heterocycles. The Kier molecular flexibility index (Phi) is 7.95. The molecule has 3 heterocycles. The number of H-pyrrole nitrogens is 1. The summed E-state index contributed by atoms with van der Waals surface area (Å²) in [4.78, 5) is 20.1. The summed E-state index contributed by atoms with van der Waals surface area (Å²) in [5, 5.41) is 19.8. The predicted molar refractivity (Wildman–Crippen MR) is 144 cm³/mol. The monoisotopic (exact) mass is 603 g/mol. The summed E-state index contributed by atoms with van der Waals surface area (Å²) >= 11 is 0. The Morgan fingerprint density at radius 3 is 2.60 bits per heavy atom. The third kappa shape index (κ3) is 5.44. The van der Waals surface area contributed by atoms with Gasteiger partial charge in [-0.25, -0.2) is 18.6 Å². The standard InChI is InChI=1S/C29H26F5N5O4/c1-3-10-28(27(40)41,39-15-23-22(14-35-39)36-26(37-23)18-6-5-7-20(30)25(18)31)24-13-21(38-43-24)17-9-8-16(42-11-4-2)12-19(17)29(32,33)34/h5-9,12-14H,3-4,10-11,15H2,1-2H3,(H,36,37)(H,40,41). The molecule has 2 N–H and O–H groups in total. The normalized spacial score (nSPS) is 14.4. The van der Waals surface area contributed by atoms with Gasteiger partial charge in [-0.15, -0.1) is 0 Å². The van der Waals surface area contributed by atoms with Crippen LogP contribution in [0.25, 0.3) is 22.6 Å². The molecule has 2 aromatic heterocycles. The van der Waals surface area contributed by atoms with Gasteiger partial charge in [0.25, 0.3) is 0 Å². The number of halogens is 5. The lowest BCUT2D eigenvalue weighted by Crippen LogP contribution is -2.50. The Balaban J connectivity index is 1.53. The van der Waals surface area contributed by atoms with Crippen molar-refractivity contribution in [2.24, 2.45) is 5.10 Å². The number of ether oxygens (including phenoxy) is 1. The van der Waals surface area contributed by atoms with Gasteiger partial charge in [0.05, 0.1) is 36.2 Å². The second kappa shape index (κ2) is 11.5. The Labute approximate surface area is 242 Å². The highest BCUT2D eigenvalue weighted by Gasteiger charge is 2.50. The zero-order valence-corrected chi connectivity index (χ0v) is 23.0. The highest BCUT2D eigenvalue weighted by molar-refractivity contribution is 5.84. The first-order chi connectivity index (χ1) is 20.5. The van der Waals surface area contributed by atoms with Crippen LogP contribution >= 0.6 is 0 Å². The molecule has 0 radical (unpaired) electrons. The van der Waals surface area contributed by atoms with Crippen LogP contribution in [0.5, 0.6) is 5.75 Å². The molecule has 9 nitrogen and oxygen atoms in total. The fourth-order valence-electron chi connectivity index (χ4n) is 4.96. The number of imidazole rings is 1. The number of carbonyl (C=O) groups is 1. The van der Waals surface area contributed by atoms with Crippen molar-refractivity contribution < 1.29 is 41.1 Å². The maximum absolute atomic E-state index is 14.4. The van der Waals surface area contributed by atoms with Crippen LogP contribution in [-0.4, -0.2) is 44.0 Å². The zero-order valence-electron chi connectivity index (χ0n) is 23.0. The molecule has 0 saturated carbocycles. The Bertz CT molecular complexity index is 1680. The molecule has 4 aromatic rings. The number of rotatable bonds is 10. The first-order valence-electron chi connectivity index (χ1n) is 13.4. The van der Waals surface area contributed by atoms with Gasteiger partial charge in [-0.05, 0) is 43.2 Å². The van der Waals surface area contributed by atoms with Crippen LogP contribution in [0.3, 0.4) is 0 Å². The number of aromatic amines is 1. The number of aliphatic carboxylic acids is 1. The zero-order chi connectivity index (χ0) is 30.9. The molecule has 2 aromatic carbocycles. The molecule has 0 fully saturated rings. The van der Waals surface area contributed by atoms with Crippen LogP contribution in [-0.2, 0) is 23.1 Å². The van der Waals surface area contributed by atoms with Crippen LogP contribution < -0.4 is 4.74 Å². The summed E-state index contributed by atoms with van der Waals surface area (Å²) in [5.74, 6) is -3.75. The lowest BCUT2D eigenvalue weighted by Gasteiger charge is -2.37. The highest BCUT2D eigenvalue weighted by Crippen LogP contribution is 2.42. The quantitative estimate of drug-likeness (QED) is 0.193. The van der Waals surface area contributed by atoms with E-state index in [1.54, 1.807) is 6.92 Å². The number of aromatic nitrogens is 3. The second-order valence-corrected chi connectivity index (χ2v) is 9.90. The Morgan fingerprint density at radius 1 is 1.12 bits per heavy atom. The molecule has 1 atom stereocenters. The fraction of sp³-hybridized carbons (Fsp3) is 0.310. The summed E-state index contributed by atoms with van der Waals surface area (Å²) in [5.41, 5.74) is -3.03. The number of hydrogen-bond donors (Lipinski definition) is 2. The van der Waals surface area contributed by atoms with Crippen molar-refractivity contribution in [3.63, 3.8) is 0 Å². The number of nitrogens with zero attached hydrogens (tertiary/aromatic N) is 4. The van der Waals surface area contributed by atoms with Gasteiger partial charge < -0.3 is 19.4 Å². The van der Waals surface area contributed by atoms with Gasteiger partial charge >= 0.3 is 12.1 Å². The van der Waals surface area contributed by atoms with Gasteiger partial charge in [0.2, 0.25) is 5.54 Å². The van der Waals surface area contributed by atoms with Gasteiger partial charge in [0.15, 0.2) is 17.4 Å². The van der Waals surface area contributed by atoms with Crippen LogP contribution in [0.1, 0.15) is 55.8 Å². The third-order valence-corrected chi connectivity index (χ3v) is 7.01. The average molecular weight is 604 g/mol. The minimum atomic E-state index is -4.76. The summed E-state index contributed by atoms with van der Waals surface area (Å²) < 4.78 is 81.2. The number of nitrogens with one attached hydrogen (secondary N) is 1. The van der Waals surface area contributed by atoms with E-state index in [4.69, 9.17) is 9.26 Å². The smallest absolute Gasteiger partial charge is 0.417 e. The second-order valence-electron chi connectivity index (χ2n) is 9.90. The maximum atomic E-state index is 14.4. The number of alkyl halides is 3. The number of carboxylic acids is 1. The first-order valence-corrected chi connectivity index (χ1v) is 13.4. The molecule has 226 valence electrons. The van der Waals surface area contributed by atoms with Gasteiger partial charge in [-0.1, -0.05) is 31.5 Å². The summed E-state index contributed by atoms with van der Waals surface area (Å²) in [6.45, 7) is 3.61. The molecule has 0 amide bonds. The average Bonchev–Trinajstić information content (AvgIpc) is 3.63. The van der Waals surface area contributed by atoms with E-state index in [0.717, 1.165) is 18.2 Å². The van der Waals surface area contributed by atoms with Crippen LogP contribution in [0.15, 0.2) is 52.1 Å². The van der Waals surface area contributed by atoms with Crippen LogP contribution in [0.2, 0.25) is 0 Å². The van der Waals surface area contributed by atoms with E-state index in [1.165, 1.54) is 35.5 Å². The lowest BCUT2D eigenvalue weighted by molar-refractivity contribution is -0.156. The molecule has 1 unspecified atom stereocenters. The number of fused-ring (bicyclic) bond motifs is 1. The van der Waals surface area contributed by atoms with Crippen molar-refractivity contribution in [2.45, 2.75) is 51.4 Å². The summed E-state index contributed by atoms with van der Waals surface area (Å²) in [6, 6.07) is 8.22. The summed E-state index contributed by atoms with van der Waals surface area (Å²) in [7, 11) is 0. The van der Waals surface area contributed by atoms with E-state index < -0.39 is 34.9 Å². The number of hydrogen-bond acceptors (Lipinski definition) is 7. The molecule has 14 heteroatoms. The molecule has 0 bridgehead atoms. The first kappa shape index (κ1) is 29.7. The Morgan fingerprint density at radius 2 is 1.91 bits per heavy atom. The van der Waals surface area contributed by atoms with E-state index in [2.05, 4.69) is 20.2 Å². The third-order valence-electron chi connectivity index (χ3n) is 7.01. The van der Waals surface area contributed by atoms with E-state index >= 15 is 0 Å². The van der Waals surface area contributed by atoms with E-state index in [9.17, 15) is 31.9 Å². The van der Waals surface area contributed by atoms with Gasteiger partial charge in [-0.2, -0.15) is 18.3 Å². The van der Waals surface area contributed by atoms with Crippen molar-refractivity contribution >= 4 is 12.2 Å². The molecule has 1 aliphatic heterocycles. The SMILES string of the molecule is CCCOc1ccc(-c2cc(C(CCC)(C(=O)O)N3Cc4[nH]c(-c5cccc(F)c5F)nc4C=N3)on2)c(C(F)(F)F)c1. The number of hydrazone groups is 1. The molecule has 1 aliphatic rings. The Hall–Kier alpha value is -4.75. The minimum absolute atomic E-state index is 0.0136. The van der Waals surface area contributed by atoms with Crippen LogP contribution in [0.4, 0.5) is 22.0 Å². The minimum Gasteiger partial charge on any atom is -0.494 e. The van der Waals surface area contributed by atoms with Gasteiger partial charge in [0.1, 0.15) is 23.0 Å². The highest BCUT2D eigenvalue weighted by atomic mass is 19.4. The number of benzene rings is 2. The van der Waals surface area contributed by atoms with E-state index in [1.807, 2.05) is 6.92 Å². The largest absolute Gasteiger partial charge is 0.494 e. The molecule has 0 spiro atoms. The summed E-state index contributed by atoms with van der Waals surface area (Å²) in [6.07, 6.45) is -2.63. The van der Waals surface area contributed by atoms with E-state index in [-0.39, 0.29) is 59.4 Å². The lowest BCUT2D eigenvalue weighted by atomic mass is 9.88. The van der Waals surface area contributed by atoms with Crippen molar-refractivity contribution in [3.05, 3.63) is 76.8 Å². The van der Waals surface area contributed by atoms with Crippen molar-refractivity contribution in [2.75, 3.05) is 6.61 Å². The molecule has 0 aliphatic carbocycles.